The largest absolute Gasteiger partial charge is 0.464 e. The molecule has 0 aromatic carbocycles. The minimum absolute atomic E-state index is 0.122. The van der Waals surface area contributed by atoms with E-state index in [1.807, 2.05) is 0 Å². The van der Waals surface area contributed by atoms with Crippen LogP contribution in [0.25, 0.3) is 0 Å². The normalized spacial score (nSPS) is 18.2. The van der Waals surface area contributed by atoms with Gasteiger partial charge >= 0.3 is 12.1 Å². The van der Waals surface area contributed by atoms with Gasteiger partial charge in [0.25, 0.3) is 0 Å². The first-order valence-electron chi connectivity index (χ1n) is 7.64. The van der Waals surface area contributed by atoms with E-state index in [2.05, 4.69) is 9.72 Å². The zero-order chi connectivity index (χ0) is 17.9. The van der Waals surface area contributed by atoms with Crippen LogP contribution in [0.5, 0.6) is 0 Å². The second-order valence-electron chi connectivity index (χ2n) is 6.45. The van der Waals surface area contributed by atoms with Gasteiger partial charge in [-0.2, -0.15) is 0 Å². The predicted molar refractivity (Wildman–Crippen MR) is 86.5 cm³/mol. The third kappa shape index (κ3) is 4.14. The summed E-state index contributed by atoms with van der Waals surface area (Å²) >= 11 is 0. The fraction of sp³-hybridized carbons (Fsp3) is 0.562. The van der Waals surface area contributed by atoms with Crippen molar-refractivity contribution in [2.75, 3.05) is 32.6 Å². The summed E-state index contributed by atoms with van der Waals surface area (Å²) in [7, 11) is 1.27. The van der Waals surface area contributed by atoms with Gasteiger partial charge < -0.3 is 19.9 Å². The van der Waals surface area contributed by atoms with Crippen molar-refractivity contribution in [3.05, 3.63) is 23.5 Å². The van der Waals surface area contributed by atoms with Gasteiger partial charge in [0.2, 0.25) is 0 Å². The van der Waals surface area contributed by atoms with Crippen molar-refractivity contribution >= 4 is 17.7 Å². The number of aromatic nitrogens is 1. The number of methoxy groups -OCH3 is 1. The molecular weight excluding hydrogens is 314 g/mol. The summed E-state index contributed by atoms with van der Waals surface area (Å²) in [5.74, 6) is -0.572. The van der Waals surface area contributed by atoms with E-state index in [1.54, 1.807) is 25.7 Å². The van der Waals surface area contributed by atoms with Crippen LogP contribution in [-0.2, 0) is 14.2 Å². The fourth-order valence-electron chi connectivity index (χ4n) is 2.39. The second kappa shape index (κ2) is 7.04. The van der Waals surface area contributed by atoms with Gasteiger partial charge in [0.1, 0.15) is 11.3 Å². The molecule has 0 aliphatic carbocycles. The Hall–Kier alpha value is -2.35. The maximum atomic E-state index is 12.5. The van der Waals surface area contributed by atoms with Gasteiger partial charge in [0, 0.05) is 12.1 Å². The van der Waals surface area contributed by atoms with Gasteiger partial charge in [-0.3, -0.25) is 4.90 Å². The van der Waals surface area contributed by atoms with Crippen molar-refractivity contribution in [2.24, 2.45) is 0 Å². The Morgan fingerprint density at radius 2 is 2.12 bits per heavy atom. The number of hydrogen-bond acceptors (Lipinski definition) is 7. The molecule has 2 heterocycles. The summed E-state index contributed by atoms with van der Waals surface area (Å²) in [4.78, 5) is 29.7. The van der Waals surface area contributed by atoms with Gasteiger partial charge in [0.15, 0.2) is 0 Å². The van der Waals surface area contributed by atoms with E-state index in [-0.39, 0.29) is 12.3 Å². The Kier molecular flexibility index (Phi) is 5.28. The molecule has 1 aromatic rings. The molecule has 132 valence electrons. The van der Waals surface area contributed by atoms with Gasteiger partial charge in [-0.05, 0) is 26.8 Å². The maximum Gasteiger partial charge on any atom is 0.410 e. The lowest BCUT2D eigenvalue weighted by Gasteiger charge is -2.37. The third-order valence-corrected chi connectivity index (χ3v) is 3.48. The van der Waals surface area contributed by atoms with E-state index in [9.17, 15) is 9.59 Å². The number of carbonyl (C=O) groups is 2. The highest BCUT2D eigenvalue weighted by Gasteiger charge is 2.33. The summed E-state index contributed by atoms with van der Waals surface area (Å²) < 4.78 is 15.6. The fourth-order valence-corrected chi connectivity index (χ4v) is 2.39. The minimum Gasteiger partial charge on any atom is -0.464 e. The second-order valence-corrected chi connectivity index (χ2v) is 6.45. The molecule has 1 aliphatic heterocycles. The van der Waals surface area contributed by atoms with Crippen molar-refractivity contribution in [1.82, 2.24) is 9.88 Å². The first kappa shape index (κ1) is 18.0. The van der Waals surface area contributed by atoms with Crippen molar-refractivity contribution in [2.45, 2.75) is 32.4 Å². The van der Waals surface area contributed by atoms with E-state index in [0.717, 1.165) is 0 Å². The molecule has 1 fully saturated rings. The molecule has 8 nitrogen and oxygen atoms in total. The molecule has 0 radical (unpaired) electrons. The number of anilines is 1. The highest BCUT2D eigenvalue weighted by Crippen LogP contribution is 2.30. The zero-order valence-electron chi connectivity index (χ0n) is 14.4. The number of ether oxygens (including phenoxy) is 3. The number of nitrogens with zero attached hydrogens (tertiary/aromatic N) is 2. The molecule has 2 rings (SSSR count). The Labute approximate surface area is 140 Å². The Morgan fingerprint density at radius 3 is 2.75 bits per heavy atom. The van der Waals surface area contributed by atoms with E-state index < -0.39 is 23.7 Å². The molecule has 0 unspecified atom stereocenters. The monoisotopic (exact) mass is 337 g/mol. The van der Waals surface area contributed by atoms with Crippen LogP contribution < -0.4 is 5.73 Å². The number of rotatable bonds is 2. The standard InChI is InChI=1S/C16H23N3O5/c1-16(2,3)24-15(21)19-5-6-23-9-13(19)10-7-12(14(20)22-4)18-8-11(10)17/h7-8,13H,5-6,9,17H2,1-4H3/t13-/m0/s1. The predicted octanol–water partition coefficient (Wildman–Crippen LogP) is 1.76. The summed E-state index contributed by atoms with van der Waals surface area (Å²) in [6, 6.07) is 1.07. The van der Waals surface area contributed by atoms with Crippen LogP contribution in [0.2, 0.25) is 0 Å². The summed E-state index contributed by atoms with van der Waals surface area (Å²) in [5.41, 5.74) is 6.46. The number of nitrogens with two attached hydrogens (primary N) is 1. The lowest BCUT2D eigenvalue weighted by molar-refractivity contribution is -0.0329. The molecule has 0 saturated carbocycles. The molecule has 24 heavy (non-hydrogen) atoms. The summed E-state index contributed by atoms with van der Waals surface area (Å²) in [5, 5.41) is 0. The van der Waals surface area contributed by atoms with Gasteiger partial charge in [0.05, 0.1) is 38.2 Å². The lowest BCUT2D eigenvalue weighted by Crippen LogP contribution is -2.46. The molecule has 8 heteroatoms. The van der Waals surface area contributed by atoms with Crippen molar-refractivity contribution in [1.29, 1.82) is 0 Å². The highest BCUT2D eigenvalue weighted by molar-refractivity contribution is 5.87. The van der Waals surface area contributed by atoms with Crippen LogP contribution in [0.3, 0.4) is 0 Å². The average molecular weight is 337 g/mol. The van der Waals surface area contributed by atoms with Crippen LogP contribution in [0.15, 0.2) is 12.3 Å². The van der Waals surface area contributed by atoms with Gasteiger partial charge in [-0.1, -0.05) is 0 Å². The molecule has 1 saturated heterocycles. The quantitative estimate of drug-likeness (QED) is 0.820. The molecule has 0 bridgehead atoms. The molecule has 0 spiro atoms. The average Bonchev–Trinajstić information content (AvgIpc) is 2.53. The van der Waals surface area contributed by atoms with Crippen molar-refractivity contribution in [3.8, 4) is 0 Å². The van der Waals surface area contributed by atoms with E-state index in [1.165, 1.54) is 19.4 Å². The first-order chi connectivity index (χ1) is 11.2. The number of pyridine rings is 1. The highest BCUT2D eigenvalue weighted by atomic mass is 16.6. The number of carbonyl (C=O) groups excluding carboxylic acids is 2. The van der Waals surface area contributed by atoms with Gasteiger partial charge in [-0.15, -0.1) is 0 Å². The lowest BCUT2D eigenvalue weighted by atomic mass is 10.0. The van der Waals surface area contributed by atoms with Crippen LogP contribution in [-0.4, -0.2) is 54.4 Å². The molecule has 1 aliphatic rings. The number of hydrogen-bond donors (Lipinski definition) is 1. The van der Waals surface area contributed by atoms with Crippen LogP contribution in [0, 0.1) is 0 Å². The van der Waals surface area contributed by atoms with E-state index >= 15 is 0 Å². The van der Waals surface area contributed by atoms with E-state index in [4.69, 9.17) is 15.2 Å². The Bertz CT molecular complexity index is 627. The number of nitrogen functional groups attached to an aromatic ring is 1. The SMILES string of the molecule is COC(=O)c1cc([C@@H]2COCCN2C(=O)OC(C)(C)C)c(N)cn1. The Balaban J connectivity index is 2.33. The van der Waals surface area contributed by atoms with Crippen LogP contribution >= 0.6 is 0 Å². The Morgan fingerprint density at radius 1 is 1.42 bits per heavy atom. The number of amides is 1. The molecule has 1 atom stereocenters. The third-order valence-electron chi connectivity index (χ3n) is 3.48. The molecule has 1 amide bonds. The van der Waals surface area contributed by atoms with Crippen LogP contribution in [0.1, 0.15) is 42.9 Å². The minimum atomic E-state index is -0.610. The molecule has 1 aromatic heterocycles. The van der Waals surface area contributed by atoms with Crippen LogP contribution in [0.4, 0.5) is 10.5 Å². The number of morpholine rings is 1. The van der Waals surface area contributed by atoms with Crippen molar-refractivity contribution < 1.29 is 23.8 Å². The van der Waals surface area contributed by atoms with Gasteiger partial charge in [-0.25, -0.2) is 14.6 Å². The van der Waals surface area contributed by atoms with E-state index in [0.29, 0.717) is 24.4 Å². The molecule has 2 N–H and O–H groups in total. The zero-order valence-corrected chi connectivity index (χ0v) is 14.4. The summed E-state index contributed by atoms with van der Waals surface area (Å²) in [6.45, 7) is 6.44. The summed E-state index contributed by atoms with van der Waals surface area (Å²) in [6.07, 6.45) is 0.926. The smallest absolute Gasteiger partial charge is 0.410 e. The maximum absolute atomic E-state index is 12.5. The first-order valence-corrected chi connectivity index (χ1v) is 7.64. The molecular formula is C16H23N3O5. The topological polar surface area (TPSA) is 104 Å². The number of esters is 1. The van der Waals surface area contributed by atoms with Crippen molar-refractivity contribution in [3.63, 3.8) is 0 Å².